The molecule has 0 spiro atoms. The van der Waals surface area contributed by atoms with Crippen LogP contribution < -0.4 is 4.90 Å². The van der Waals surface area contributed by atoms with Crippen molar-refractivity contribution in [2.75, 3.05) is 24.5 Å². The van der Waals surface area contributed by atoms with Crippen molar-refractivity contribution in [3.8, 4) is 0 Å². The maximum atomic E-state index is 13.4. The number of benzene rings is 1. The van der Waals surface area contributed by atoms with Crippen LogP contribution in [0.5, 0.6) is 0 Å². The fourth-order valence-corrected chi connectivity index (χ4v) is 6.44. The minimum absolute atomic E-state index is 0.0514. The second kappa shape index (κ2) is 5.58. The molecule has 0 unspecified atom stereocenters. The summed E-state index contributed by atoms with van der Waals surface area (Å²) in [4.78, 5) is 29.8. The molecule has 1 aromatic carbocycles. The molecule has 1 saturated heterocycles. The maximum absolute atomic E-state index is 13.4. The minimum atomic E-state index is -0.135. The second-order valence-electron chi connectivity index (χ2n) is 8.81. The lowest BCUT2D eigenvalue weighted by molar-refractivity contribution is -0.159. The van der Waals surface area contributed by atoms with Gasteiger partial charge in [-0.15, -0.1) is 0 Å². The first kappa shape index (κ1) is 15.4. The molecule has 5 aliphatic rings. The van der Waals surface area contributed by atoms with Crippen molar-refractivity contribution in [2.24, 2.45) is 23.2 Å². The van der Waals surface area contributed by atoms with Crippen molar-refractivity contribution in [3.63, 3.8) is 0 Å². The van der Waals surface area contributed by atoms with Gasteiger partial charge in [0.15, 0.2) is 0 Å². The van der Waals surface area contributed by atoms with E-state index in [9.17, 15) is 9.59 Å². The van der Waals surface area contributed by atoms with Crippen molar-refractivity contribution in [1.29, 1.82) is 0 Å². The Morgan fingerprint density at radius 1 is 0.920 bits per heavy atom. The van der Waals surface area contributed by atoms with E-state index in [2.05, 4.69) is 0 Å². The van der Waals surface area contributed by atoms with E-state index in [1.807, 2.05) is 40.1 Å². The molecule has 0 N–H and O–H groups in total. The van der Waals surface area contributed by atoms with Gasteiger partial charge in [-0.25, -0.2) is 0 Å². The lowest BCUT2D eigenvalue weighted by atomic mass is 9.49. The number of amides is 2. The van der Waals surface area contributed by atoms with E-state index in [-0.39, 0.29) is 23.8 Å². The number of hydrogen-bond donors (Lipinski definition) is 0. The monoisotopic (exact) mass is 338 g/mol. The SMILES string of the molecule is O=C1CN(C(=O)C23CC4CC(CC(C4)C2)C3)CCN1c1ccccc1. The number of nitrogens with zero attached hydrogens (tertiary/aromatic N) is 2. The Hall–Kier alpha value is -1.84. The van der Waals surface area contributed by atoms with E-state index >= 15 is 0 Å². The van der Waals surface area contributed by atoms with Gasteiger partial charge in [0.2, 0.25) is 11.8 Å². The summed E-state index contributed by atoms with van der Waals surface area (Å²) in [6.07, 6.45) is 7.24. The Balaban J connectivity index is 1.32. The molecule has 6 rings (SSSR count). The van der Waals surface area contributed by atoms with Crippen molar-refractivity contribution >= 4 is 17.5 Å². The summed E-state index contributed by atoms with van der Waals surface area (Å²) in [5.41, 5.74) is 0.804. The lowest BCUT2D eigenvalue weighted by Crippen LogP contribution is -2.59. The van der Waals surface area contributed by atoms with Gasteiger partial charge in [-0.2, -0.15) is 0 Å². The van der Waals surface area contributed by atoms with E-state index in [0.29, 0.717) is 13.1 Å². The van der Waals surface area contributed by atoms with Gasteiger partial charge in [0.05, 0.1) is 5.41 Å². The van der Waals surface area contributed by atoms with Crippen molar-refractivity contribution in [3.05, 3.63) is 30.3 Å². The molecule has 2 amide bonds. The first-order valence-corrected chi connectivity index (χ1v) is 9.78. The molecule has 4 aliphatic carbocycles. The Labute approximate surface area is 149 Å². The van der Waals surface area contributed by atoms with Gasteiger partial charge >= 0.3 is 0 Å². The standard InChI is InChI=1S/C21H26N2O2/c24-19-14-22(6-7-23(19)18-4-2-1-3-5-18)20(25)21-11-15-8-16(12-21)10-17(9-15)13-21/h1-5,15-17H,6-14H2. The third-order valence-corrected chi connectivity index (χ3v) is 7.07. The summed E-state index contributed by atoms with van der Waals surface area (Å²) in [7, 11) is 0. The predicted molar refractivity (Wildman–Crippen MR) is 96.0 cm³/mol. The molecule has 25 heavy (non-hydrogen) atoms. The van der Waals surface area contributed by atoms with Crippen molar-refractivity contribution in [1.82, 2.24) is 4.90 Å². The van der Waals surface area contributed by atoms with E-state index < -0.39 is 0 Å². The van der Waals surface area contributed by atoms with Crippen LogP contribution in [0.3, 0.4) is 0 Å². The van der Waals surface area contributed by atoms with Crippen molar-refractivity contribution in [2.45, 2.75) is 38.5 Å². The minimum Gasteiger partial charge on any atom is -0.331 e. The summed E-state index contributed by atoms with van der Waals surface area (Å²) in [6, 6.07) is 9.80. The number of para-hydroxylation sites is 1. The number of anilines is 1. The smallest absolute Gasteiger partial charge is 0.246 e. The van der Waals surface area contributed by atoms with Crippen LogP contribution >= 0.6 is 0 Å². The van der Waals surface area contributed by atoms with Gasteiger partial charge in [0.1, 0.15) is 6.54 Å². The number of rotatable bonds is 2. The zero-order valence-electron chi connectivity index (χ0n) is 14.7. The zero-order valence-corrected chi connectivity index (χ0v) is 14.7. The van der Waals surface area contributed by atoms with Crippen LogP contribution in [0.15, 0.2) is 30.3 Å². The topological polar surface area (TPSA) is 40.6 Å². The van der Waals surface area contributed by atoms with Crippen LogP contribution in [0.2, 0.25) is 0 Å². The van der Waals surface area contributed by atoms with Gasteiger partial charge in [0, 0.05) is 18.8 Å². The molecule has 4 bridgehead atoms. The number of carbonyl (C=O) groups excluding carboxylic acids is 2. The largest absolute Gasteiger partial charge is 0.331 e. The molecule has 0 atom stereocenters. The van der Waals surface area contributed by atoms with Crippen LogP contribution in [0.4, 0.5) is 5.69 Å². The molecule has 4 heteroatoms. The zero-order chi connectivity index (χ0) is 17.0. The first-order chi connectivity index (χ1) is 12.1. The number of carbonyl (C=O) groups is 2. The third kappa shape index (κ3) is 2.49. The number of piperazine rings is 1. The fraction of sp³-hybridized carbons (Fsp3) is 0.619. The average molecular weight is 338 g/mol. The van der Waals surface area contributed by atoms with E-state index in [1.54, 1.807) is 0 Å². The Morgan fingerprint density at radius 3 is 2.08 bits per heavy atom. The van der Waals surface area contributed by atoms with Crippen molar-refractivity contribution < 1.29 is 9.59 Å². The predicted octanol–water partition coefficient (Wildman–Crippen LogP) is 3.08. The quantitative estimate of drug-likeness (QED) is 0.831. The van der Waals surface area contributed by atoms with Crippen LogP contribution in [0.1, 0.15) is 38.5 Å². The molecule has 4 nitrogen and oxygen atoms in total. The molecular weight excluding hydrogens is 312 g/mol. The highest BCUT2D eigenvalue weighted by Gasteiger charge is 2.56. The molecule has 132 valence electrons. The summed E-state index contributed by atoms with van der Waals surface area (Å²) in [6.45, 7) is 1.53. The highest BCUT2D eigenvalue weighted by atomic mass is 16.2. The fourth-order valence-electron chi connectivity index (χ4n) is 6.44. The Bertz CT molecular complexity index is 664. The summed E-state index contributed by atoms with van der Waals surface area (Å²) in [5, 5.41) is 0. The average Bonchev–Trinajstić information content (AvgIpc) is 2.60. The molecule has 4 saturated carbocycles. The molecular formula is C21H26N2O2. The molecule has 1 aromatic rings. The Morgan fingerprint density at radius 2 is 1.52 bits per heavy atom. The molecule has 1 heterocycles. The number of hydrogen-bond acceptors (Lipinski definition) is 2. The first-order valence-electron chi connectivity index (χ1n) is 9.78. The van der Waals surface area contributed by atoms with Gasteiger partial charge in [-0.1, -0.05) is 18.2 Å². The summed E-state index contributed by atoms with van der Waals surface area (Å²) >= 11 is 0. The highest BCUT2D eigenvalue weighted by Crippen LogP contribution is 2.60. The summed E-state index contributed by atoms with van der Waals surface area (Å²) in [5.74, 6) is 2.62. The van der Waals surface area contributed by atoms with E-state index in [1.165, 1.54) is 19.3 Å². The Kier molecular flexibility index (Phi) is 3.44. The van der Waals surface area contributed by atoms with Crippen LogP contribution in [-0.2, 0) is 9.59 Å². The molecule has 1 aliphatic heterocycles. The van der Waals surface area contributed by atoms with Crippen LogP contribution in [-0.4, -0.2) is 36.3 Å². The third-order valence-electron chi connectivity index (χ3n) is 7.07. The normalized spacial score (nSPS) is 36.8. The maximum Gasteiger partial charge on any atom is 0.246 e. The second-order valence-corrected chi connectivity index (χ2v) is 8.81. The van der Waals surface area contributed by atoms with Gasteiger partial charge in [0.25, 0.3) is 0 Å². The van der Waals surface area contributed by atoms with Crippen LogP contribution in [0.25, 0.3) is 0 Å². The molecule has 5 fully saturated rings. The lowest BCUT2D eigenvalue weighted by Gasteiger charge is -2.57. The molecule has 0 aromatic heterocycles. The van der Waals surface area contributed by atoms with E-state index in [4.69, 9.17) is 0 Å². The van der Waals surface area contributed by atoms with Gasteiger partial charge in [-0.3, -0.25) is 9.59 Å². The highest BCUT2D eigenvalue weighted by molar-refractivity contribution is 5.98. The van der Waals surface area contributed by atoms with E-state index in [0.717, 1.165) is 42.7 Å². The molecule has 0 radical (unpaired) electrons. The van der Waals surface area contributed by atoms with Crippen LogP contribution in [0, 0.1) is 23.2 Å². The summed E-state index contributed by atoms with van der Waals surface area (Å²) < 4.78 is 0. The van der Waals surface area contributed by atoms with Gasteiger partial charge in [-0.05, 0) is 68.4 Å². The van der Waals surface area contributed by atoms with Gasteiger partial charge < -0.3 is 9.80 Å².